The highest BCUT2D eigenvalue weighted by Gasteiger charge is 2.36. The lowest BCUT2D eigenvalue weighted by Crippen LogP contribution is -2.30. The van der Waals surface area contributed by atoms with Crippen molar-refractivity contribution in [1.29, 1.82) is 0 Å². The average Bonchev–Trinajstić information content (AvgIpc) is 2.96. The summed E-state index contributed by atoms with van der Waals surface area (Å²) < 4.78 is 38.4. The van der Waals surface area contributed by atoms with Gasteiger partial charge in [-0.2, -0.15) is 0 Å². The Labute approximate surface area is 232 Å². The van der Waals surface area contributed by atoms with Crippen molar-refractivity contribution in [1.82, 2.24) is 0 Å². The largest absolute Gasteiger partial charge is 0.497 e. The van der Waals surface area contributed by atoms with Crippen LogP contribution in [0.3, 0.4) is 0 Å². The van der Waals surface area contributed by atoms with Crippen molar-refractivity contribution in [3.05, 3.63) is 113 Å². The minimum absolute atomic E-state index is 0.0664. The zero-order valence-corrected chi connectivity index (χ0v) is 24.0. The third-order valence-corrected chi connectivity index (χ3v) is 9.96. The molecule has 0 aliphatic heterocycles. The molecule has 1 fully saturated rings. The Bertz CT molecular complexity index is 1580. The SMILES string of the molecule is COc1ccc(C2(c3cccc(Oc4ccc(S(=O)(=O)c5ccc(C)c(C)c5)cc4C)c3)CCCCC2)cc1. The van der Waals surface area contributed by atoms with Gasteiger partial charge in [0.1, 0.15) is 17.2 Å². The molecule has 1 aliphatic carbocycles. The van der Waals surface area contributed by atoms with Crippen LogP contribution >= 0.6 is 0 Å². The fourth-order valence-electron chi connectivity index (χ4n) is 5.71. The molecule has 0 spiro atoms. The highest BCUT2D eigenvalue weighted by molar-refractivity contribution is 7.91. The number of methoxy groups -OCH3 is 1. The van der Waals surface area contributed by atoms with E-state index in [1.54, 1.807) is 37.4 Å². The van der Waals surface area contributed by atoms with Gasteiger partial charge in [0.05, 0.1) is 16.9 Å². The Morgan fingerprint density at radius 2 is 1.31 bits per heavy atom. The molecule has 0 radical (unpaired) electrons. The molecule has 1 aliphatic rings. The summed E-state index contributed by atoms with van der Waals surface area (Å²) >= 11 is 0. The Hall–Kier alpha value is -3.57. The van der Waals surface area contributed by atoms with E-state index in [9.17, 15) is 8.42 Å². The van der Waals surface area contributed by atoms with Crippen LogP contribution in [0.5, 0.6) is 17.2 Å². The van der Waals surface area contributed by atoms with Gasteiger partial charge in [0.25, 0.3) is 0 Å². The maximum Gasteiger partial charge on any atom is 0.206 e. The summed E-state index contributed by atoms with van der Waals surface area (Å²) in [4.78, 5) is 0.577. The molecular formula is C34H36O4S. The number of aryl methyl sites for hydroxylation is 3. The molecule has 4 aromatic carbocycles. The fourth-order valence-corrected chi connectivity index (χ4v) is 7.14. The molecule has 0 bridgehead atoms. The van der Waals surface area contributed by atoms with E-state index in [2.05, 4.69) is 30.3 Å². The lowest BCUT2D eigenvalue weighted by Gasteiger charge is -2.39. The van der Waals surface area contributed by atoms with Crippen LogP contribution in [0.2, 0.25) is 0 Å². The van der Waals surface area contributed by atoms with Crippen molar-refractivity contribution < 1.29 is 17.9 Å². The van der Waals surface area contributed by atoms with E-state index in [1.807, 2.05) is 45.0 Å². The first kappa shape index (κ1) is 27.0. The zero-order chi connectivity index (χ0) is 27.6. The number of ether oxygens (including phenoxy) is 2. The highest BCUT2D eigenvalue weighted by Crippen LogP contribution is 2.46. The highest BCUT2D eigenvalue weighted by atomic mass is 32.2. The quantitative estimate of drug-likeness (QED) is 0.236. The standard InChI is InChI=1S/C34H36O4S/c1-24-11-16-31(21-25(24)2)39(35,36)32-17-18-33(26(3)22-32)38-30-10-8-9-28(23-30)34(19-6-5-7-20-34)27-12-14-29(37-4)15-13-27/h8-18,21-23H,5-7,19-20H2,1-4H3. The molecule has 0 saturated heterocycles. The van der Waals surface area contributed by atoms with Gasteiger partial charge in [-0.25, -0.2) is 8.42 Å². The van der Waals surface area contributed by atoms with Crippen molar-refractivity contribution >= 4 is 9.84 Å². The molecule has 0 unspecified atom stereocenters. The van der Waals surface area contributed by atoms with Crippen LogP contribution in [0.25, 0.3) is 0 Å². The van der Waals surface area contributed by atoms with E-state index in [-0.39, 0.29) is 10.3 Å². The summed E-state index contributed by atoms with van der Waals surface area (Å²) in [5.74, 6) is 2.26. The monoisotopic (exact) mass is 540 g/mol. The van der Waals surface area contributed by atoms with Gasteiger partial charge in [-0.05, 0) is 116 Å². The van der Waals surface area contributed by atoms with Crippen LogP contribution in [0, 0.1) is 20.8 Å². The molecule has 0 N–H and O–H groups in total. The van der Waals surface area contributed by atoms with E-state index >= 15 is 0 Å². The maximum atomic E-state index is 13.3. The molecule has 0 amide bonds. The first-order chi connectivity index (χ1) is 18.7. The lowest BCUT2D eigenvalue weighted by molar-refractivity contribution is 0.344. The normalized spacial score (nSPS) is 15.1. The average molecular weight is 541 g/mol. The predicted molar refractivity (Wildman–Crippen MR) is 156 cm³/mol. The molecule has 39 heavy (non-hydrogen) atoms. The number of hydrogen-bond donors (Lipinski definition) is 0. The first-order valence-corrected chi connectivity index (χ1v) is 15.1. The smallest absolute Gasteiger partial charge is 0.206 e. The van der Waals surface area contributed by atoms with Crippen LogP contribution in [-0.2, 0) is 15.3 Å². The number of benzene rings is 4. The van der Waals surface area contributed by atoms with Crippen molar-refractivity contribution in [2.24, 2.45) is 0 Å². The van der Waals surface area contributed by atoms with E-state index in [0.29, 0.717) is 10.6 Å². The molecule has 1 saturated carbocycles. The van der Waals surface area contributed by atoms with Crippen LogP contribution < -0.4 is 9.47 Å². The summed E-state index contributed by atoms with van der Waals surface area (Å²) in [6, 6.07) is 27.2. The minimum atomic E-state index is -3.62. The second-order valence-corrected chi connectivity index (χ2v) is 12.6. The van der Waals surface area contributed by atoms with E-state index < -0.39 is 9.84 Å². The van der Waals surface area contributed by atoms with Gasteiger partial charge < -0.3 is 9.47 Å². The third kappa shape index (κ3) is 5.33. The zero-order valence-electron chi connectivity index (χ0n) is 23.2. The Balaban J connectivity index is 1.44. The first-order valence-electron chi connectivity index (χ1n) is 13.6. The van der Waals surface area contributed by atoms with Crippen LogP contribution in [0.1, 0.15) is 59.9 Å². The van der Waals surface area contributed by atoms with Crippen LogP contribution in [0.4, 0.5) is 0 Å². The van der Waals surface area contributed by atoms with Crippen molar-refractivity contribution in [3.8, 4) is 17.2 Å². The van der Waals surface area contributed by atoms with Gasteiger partial charge in [-0.1, -0.05) is 49.6 Å². The predicted octanol–water partition coefficient (Wildman–Crippen LogP) is 8.50. The second-order valence-electron chi connectivity index (χ2n) is 10.7. The molecule has 0 heterocycles. The molecule has 5 heteroatoms. The molecule has 4 aromatic rings. The van der Waals surface area contributed by atoms with Crippen molar-refractivity contribution in [3.63, 3.8) is 0 Å². The summed E-state index contributed by atoms with van der Waals surface area (Å²) in [5.41, 5.74) is 5.28. The summed E-state index contributed by atoms with van der Waals surface area (Å²) in [6.07, 6.45) is 5.81. The van der Waals surface area contributed by atoms with Crippen molar-refractivity contribution in [2.45, 2.75) is 68.1 Å². The van der Waals surface area contributed by atoms with Gasteiger partial charge in [-0.3, -0.25) is 0 Å². The van der Waals surface area contributed by atoms with Crippen LogP contribution in [-0.4, -0.2) is 15.5 Å². The topological polar surface area (TPSA) is 52.6 Å². The molecule has 5 rings (SSSR count). The number of rotatable bonds is 7. The van der Waals surface area contributed by atoms with Crippen LogP contribution in [0.15, 0.2) is 94.7 Å². The van der Waals surface area contributed by atoms with E-state index in [0.717, 1.165) is 41.0 Å². The molecule has 0 aromatic heterocycles. The Morgan fingerprint density at radius 1 is 0.641 bits per heavy atom. The third-order valence-electron chi connectivity index (χ3n) is 8.21. The second kappa shape index (κ2) is 10.9. The lowest BCUT2D eigenvalue weighted by atomic mass is 9.65. The Morgan fingerprint density at radius 3 is 1.95 bits per heavy atom. The minimum Gasteiger partial charge on any atom is -0.497 e. The maximum absolute atomic E-state index is 13.3. The number of sulfone groups is 1. The number of hydrogen-bond acceptors (Lipinski definition) is 4. The summed E-state index contributed by atoms with van der Waals surface area (Å²) in [6.45, 7) is 5.79. The molecule has 0 atom stereocenters. The van der Waals surface area contributed by atoms with Crippen molar-refractivity contribution in [2.75, 3.05) is 7.11 Å². The fraction of sp³-hybridized carbons (Fsp3) is 0.294. The van der Waals surface area contributed by atoms with Gasteiger partial charge in [0.2, 0.25) is 9.84 Å². The summed E-state index contributed by atoms with van der Waals surface area (Å²) in [7, 11) is -1.93. The summed E-state index contributed by atoms with van der Waals surface area (Å²) in [5, 5.41) is 0. The molecule has 4 nitrogen and oxygen atoms in total. The van der Waals surface area contributed by atoms with Gasteiger partial charge in [0, 0.05) is 5.41 Å². The van der Waals surface area contributed by atoms with Gasteiger partial charge in [-0.15, -0.1) is 0 Å². The van der Waals surface area contributed by atoms with E-state index in [1.165, 1.54) is 30.4 Å². The molecular weight excluding hydrogens is 504 g/mol. The van der Waals surface area contributed by atoms with Gasteiger partial charge in [0.15, 0.2) is 0 Å². The van der Waals surface area contributed by atoms with E-state index in [4.69, 9.17) is 9.47 Å². The van der Waals surface area contributed by atoms with Gasteiger partial charge >= 0.3 is 0 Å². The molecule has 202 valence electrons. The Kier molecular flexibility index (Phi) is 7.55.